The SMILES string of the molecule is CC(C)(C)SN1CC(F)(F)C12CCC(N)CC2. The molecule has 0 radical (unpaired) electrons. The molecule has 2 nitrogen and oxygen atoms in total. The zero-order chi connectivity index (χ0) is 12.9. The number of nitrogens with zero attached hydrogens (tertiary/aromatic N) is 1. The normalized spacial score (nSPS) is 38.1. The highest BCUT2D eigenvalue weighted by Crippen LogP contribution is 2.57. The third-order valence-corrected chi connectivity index (χ3v) is 4.99. The fourth-order valence-electron chi connectivity index (χ4n) is 2.75. The monoisotopic (exact) mass is 264 g/mol. The first-order valence-electron chi connectivity index (χ1n) is 6.26. The van der Waals surface area contributed by atoms with Crippen molar-refractivity contribution >= 4 is 11.9 Å². The van der Waals surface area contributed by atoms with Crippen LogP contribution in [0.15, 0.2) is 0 Å². The van der Waals surface area contributed by atoms with Crippen molar-refractivity contribution in [3.63, 3.8) is 0 Å². The summed E-state index contributed by atoms with van der Waals surface area (Å²) in [4.78, 5) is 0. The molecule has 0 aromatic carbocycles. The Bertz CT molecular complexity index is 293. The summed E-state index contributed by atoms with van der Waals surface area (Å²) in [5.74, 6) is -2.54. The molecule has 17 heavy (non-hydrogen) atoms. The minimum absolute atomic E-state index is 0.0108. The van der Waals surface area contributed by atoms with E-state index in [1.807, 2.05) is 4.31 Å². The Hall–Kier alpha value is 0.130. The first-order chi connectivity index (χ1) is 7.66. The van der Waals surface area contributed by atoms with Crippen molar-refractivity contribution in [3.8, 4) is 0 Å². The van der Waals surface area contributed by atoms with Gasteiger partial charge in [-0.2, -0.15) is 0 Å². The van der Waals surface area contributed by atoms with Crippen LogP contribution in [0.3, 0.4) is 0 Å². The molecule has 2 N–H and O–H groups in total. The standard InChI is InChI=1S/C12H22F2N2S/c1-10(2,3)17-16-8-12(13,14)11(16)6-4-9(15)5-7-11/h9H,4-8,15H2,1-3H3. The average Bonchev–Trinajstić information content (AvgIpc) is 2.15. The van der Waals surface area contributed by atoms with Gasteiger partial charge in [-0.25, -0.2) is 13.1 Å². The van der Waals surface area contributed by atoms with E-state index in [4.69, 9.17) is 5.73 Å². The lowest BCUT2D eigenvalue weighted by molar-refractivity contribution is -0.219. The van der Waals surface area contributed by atoms with Crippen LogP contribution in [0.4, 0.5) is 8.78 Å². The van der Waals surface area contributed by atoms with Crippen LogP contribution in [0.25, 0.3) is 0 Å². The van der Waals surface area contributed by atoms with Crippen LogP contribution in [-0.4, -0.2) is 33.1 Å². The van der Waals surface area contributed by atoms with Gasteiger partial charge in [0, 0.05) is 10.8 Å². The molecule has 0 aromatic rings. The van der Waals surface area contributed by atoms with E-state index in [1.165, 1.54) is 0 Å². The quantitative estimate of drug-likeness (QED) is 0.738. The van der Waals surface area contributed by atoms with Crippen molar-refractivity contribution in [1.82, 2.24) is 4.31 Å². The highest BCUT2D eigenvalue weighted by molar-refractivity contribution is 7.98. The second-order valence-corrected chi connectivity index (χ2v) is 8.16. The minimum Gasteiger partial charge on any atom is -0.328 e. The Morgan fingerprint density at radius 1 is 1.24 bits per heavy atom. The van der Waals surface area contributed by atoms with E-state index in [0.717, 1.165) is 12.8 Å². The molecule has 1 aliphatic heterocycles. The summed E-state index contributed by atoms with van der Waals surface area (Å²) in [5, 5.41) is 0. The summed E-state index contributed by atoms with van der Waals surface area (Å²) >= 11 is 1.56. The Morgan fingerprint density at radius 2 is 1.76 bits per heavy atom. The van der Waals surface area contributed by atoms with Gasteiger partial charge in [0.25, 0.3) is 5.92 Å². The first-order valence-corrected chi connectivity index (χ1v) is 7.04. The Kier molecular flexibility index (Phi) is 3.24. The van der Waals surface area contributed by atoms with Crippen molar-refractivity contribution in [2.75, 3.05) is 6.54 Å². The molecule has 0 atom stereocenters. The van der Waals surface area contributed by atoms with Crippen LogP contribution in [0.2, 0.25) is 0 Å². The predicted octanol–water partition coefficient (Wildman–Crippen LogP) is 3.02. The molecule has 1 heterocycles. The van der Waals surface area contributed by atoms with E-state index >= 15 is 0 Å². The number of nitrogens with two attached hydrogens (primary N) is 1. The molecular weight excluding hydrogens is 242 g/mol. The van der Waals surface area contributed by atoms with Crippen LogP contribution in [-0.2, 0) is 0 Å². The average molecular weight is 264 g/mol. The largest absolute Gasteiger partial charge is 0.328 e. The van der Waals surface area contributed by atoms with E-state index < -0.39 is 11.5 Å². The molecule has 2 fully saturated rings. The second-order valence-electron chi connectivity index (χ2n) is 6.31. The van der Waals surface area contributed by atoms with Crippen LogP contribution in [0.1, 0.15) is 46.5 Å². The molecule has 2 aliphatic rings. The van der Waals surface area contributed by atoms with E-state index in [2.05, 4.69) is 20.8 Å². The van der Waals surface area contributed by atoms with Gasteiger partial charge < -0.3 is 5.73 Å². The highest BCUT2D eigenvalue weighted by Gasteiger charge is 2.67. The summed E-state index contributed by atoms with van der Waals surface area (Å²) in [7, 11) is 0. The van der Waals surface area contributed by atoms with E-state index in [9.17, 15) is 8.78 Å². The number of rotatable bonds is 1. The number of hydrogen-bond acceptors (Lipinski definition) is 3. The Morgan fingerprint density at radius 3 is 2.18 bits per heavy atom. The lowest BCUT2D eigenvalue weighted by atomic mass is 9.70. The van der Waals surface area contributed by atoms with E-state index in [0.29, 0.717) is 12.8 Å². The Labute approximate surface area is 106 Å². The summed E-state index contributed by atoms with van der Waals surface area (Å²) in [6.45, 7) is 6.09. The molecule has 0 amide bonds. The third-order valence-electron chi connectivity index (χ3n) is 3.74. The molecule has 5 heteroatoms. The van der Waals surface area contributed by atoms with Gasteiger partial charge in [-0.05, 0) is 46.5 Å². The maximum absolute atomic E-state index is 13.9. The number of halogens is 2. The number of alkyl halides is 2. The molecule has 0 bridgehead atoms. The van der Waals surface area contributed by atoms with Crippen LogP contribution in [0.5, 0.6) is 0 Å². The van der Waals surface area contributed by atoms with Gasteiger partial charge in [-0.15, -0.1) is 0 Å². The molecule has 1 saturated carbocycles. The van der Waals surface area contributed by atoms with Gasteiger partial charge >= 0.3 is 0 Å². The third kappa shape index (κ3) is 2.34. The summed E-state index contributed by atoms with van der Waals surface area (Å²) < 4.78 is 29.8. The molecule has 1 aliphatic carbocycles. The van der Waals surface area contributed by atoms with Gasteiger partial charge in [-0.3, -0.25) is 0 Å². The summed E-state index contributed by atoms with van der Waals surface area (Å²) in [6, 6.07) is 0.110. The van der Waals surface area contributed by atoms with E-state index in [-0.39, 0.29) is 17.3 Å². The highest BCUT2D eigenvalue weighted by atomic mass is 32.2. The fraction of sp³-hybridized carbons (Fsp3) is 1.00. The van der Waals surface area contributed by atoms with Gasteiger partial charge in [0.2, 0.25) is 0 Å². The van der Waals surface area contributed by atoms with Crippen molar-refractivity contribution in [3.05, 3.63) is 0 Å². The lowest BCUT2D eigenvalue weighted by Crippen LogP contribution is -2.74. The van der Waals surface area contributed by atoms with Crippen molar-refractivity contribution in [2.45, 2.75) is 68.7 Å². The molecule has 1 saturated heterocycles. The smallest absolute Gasteiger partial charge is 0.280 e. The number of hydrogen-bond donors (Lipinski definition) is 1. The lowest BCUT2D eigenvalue weighted by Gasteiger charge is -2.60. The van der Waals surface area contributed by atoms with Gasteiger partial charge in [0.05, 0.1) is 12.1 Å². The molecule has 0 unspecified atom stereocenters. The Balaban J connectivity index is 2.10. The maximum atomic E-state index is 13.9. The second kappa shape index (κ2) is 4.07. The topological polar surface area (TPSA) is 29.3 Å². The zero-order valence-electron chi connectivity index (χ0n) is 10.8. The predicted molar refractivity (Wildman–Crippen MR) is 68.2 cm³/mol. The molecule has 1 spiro atoms. The fourth-order valence-corrected chi connectivity index (χ4v) is 4.13. The summed E-state index contributed by atoms with van der Waals surface area (Å²) in [5.41, 5.74) is 4.91. The van der Waals surface area contributed by atoms with Crippen LogP contribution in [0, 0.1) is 0 Å². The molecule has 0 aromatic heterocycles. The van der Waals surface area contributed by atoms with Gasteiger partial charge in [-0.1, -0.05) is 11.9 Å². The maximum Gasteiger partial charge on any atom is 0.280 e. The van der Waals surface area contributed by atoms with Crippen LogP contribution < -0.4 is 5.73 Å². The van der Waals surface area contributed by atoms with Crippen molar-refractivity contribution in [2.24, 2.45) is 5.73 Å². The van der Waals surface area contributed by atoms with Gasteiger partial charge in [0.1, 0.15) is 0 Å². The first kappa shape index (κ1) is 13.6. The van der Waals surface area contributed by atoms with Crippen molar-refractivity contribution < 1.29 is 8.78 Å². The van der Waals surface area contributed by atoms with Gasteiger partial charge in [0.15, 0.2) is 0 Å². The van der Waals surface area contributed by atoms with Crippen LogP contribution >= 0.6 is 11.9 Å². The molecule has 2 rings (SSSR count). The molecule has 100 valence electrons. The zero-order valence-corrected chi connectivity index (χ0v) is 11.6. The van der Waals surface area contributed by atoms with E-state index in [1.54, 1.807) is 11.9 Å². The minimum atomic E-state index is -2.54. The van der Waals surface area contributed by atoms with Crippen molar-refractivity contribution in [1.29, 1.82) is 0 Å². The summed E-state index contributed by atoms with van der Waals surface area (Å²) in [6.07, 6.45) is 2.50. The molecular formula is C12H22F2N2S.